The zero-order chi connectivity index (χ0) is 45.0. The van der Waals surface area contributed by atoms with E-state index in [0.29, 0.717) is 54.0 Å². The molecule has 1 unspecified atom stereocenters. The highest BCUT2D eigenvalue weighted by molar-refractivity contribution is 6.05. The maximum absolute atomic E-state index is 13.9. The van der Waals surface area contributed by atoms with Crippen molar-refractivity contribution in [3.8, 4) is 17.1 Å². The number of nitrogens with one attached hydrogen (secondary N) is 2. The third-order valence-electron chi connectivity index (χ3n) is 14.6. The number of piperidine rings is 3. The zero-order valence-electron chi connectivity index (χ0n) is 37.9. The zero-order valence-corrected chi connectivity index (χ0v) is 37.9. The second-order valence-electron chi connectivity index (χ2n) is 19.1. The van der Waals surface area contributed by atoms with E-state index in [2.05, 4.69) is 61.3 Å². The van der Waals surface area contributed by atoms with E-state index < -0.39 is 11.9 Å². The summed E-state index contributed by atoms with van der Waals surface area (Å²) in [4.78, 5) is 66.8. The lowest BCUT2D eigenvalue weighted by molar-refractivity contribution is -0.135. The first-order valence-electron chi connectivity index (χ1n) is 23.3. The smallest absolute Gasteiger partial charge is 0.329 e. The number of aromatic nitrogens is 7. The van der Waals surface area contributed by atoms with Gasteiger partial charge in [0.25, 0.3) is 5.91 Å². The topological polar surface area (TPSA) is 166 Å². The number of imide groups is 1. The number of carbonyl (C=O) groups excluding carboxylic acids is 3. The van der Waals surface area contributed by atoms with E-state index in [1.54, 1.807) is 39.2 Å². The number of pyridine rings is 1. The standard InChI is InChI=1S/C49H59N11O5/c1-31-7-6-24-65-46-36(28-50-56(46)4)38-27-35(25-32(2)51-38)44(62)54-47-52-37-11-10-33(26-41(37)59(47)29-31)30-58-22-17-49(18-23-58)15-20-57(21-16-49)19-14-34-8-5-9-39-43(34)55(3)48(64)60(39)40-12-13-42(61)53-45(40)63/h5,8-11,25-28,31,40H,6-7,12-24,29-30H2,1-4H3,(H,52,54,62)(H,53,61,63)/t31-,40?/m1/s1. The van der Waals surface area contributed by atoms with Gasteiger partial charge >= 0.3 is 5.69 Å². The number of anilines is 1. The molecule has 2 atom stereocenters. The predicted octanol–water partition coefficient (Wildman–Crippen LogP) is 5.75. The van der Waals surface area contributed by atoms with Crippen LogP contribution in [0, 0.1) is 18.3 Å². The number of aryl methyl sites for hydroxylation is 3. The highest BCUT2D eigenvalue weighted by Gasteiger charge is 2.38. The number of hydrogen-bond donors (Lipinski definition) is 2. The van der Waals surface area contributed by atoms with Gasteiger partial charge in [0.2, 0.25) is 23.6 Å². The molecule has 3 saturated heterocycles. The van der Waals surface area contributed by atoms with Crippen LogP contribution in [0.3, 0.4) is 0 Å². The minimum atomic E-state index is -0.685. The number of ether oxygens (including phenoxy) is 1. The number of hydrogen-bond acceptors (Lipinski definition) is 10. The summed E-state index contributed by atoms with van der Waals surface area (Å²) in [5.74, 6) is 0.574. The lowest BCUT2D eigenvalue weighted by atomic mass is 9.71. The number of imidazole rings is 2. The van der Waals surface area contributed by atoms with E-state index in [-0.39, 0.29) is 23.9 Å². The maximum atomic E-state index is 13.9. The Kier molecular flexibility index (Phi) is 11.4. The summed E-state index contributed by atoms with van der Waals surface area (Å²) in [5, 5.41) is 10.0. The molecule has 8 heterocycles. The average molecular weight is 882 g/mol. The molecule has 65 heavy (non-hydrogen) atoms. The fraction of sp³-hybridized carbons (Fsp3) is 0.490. The van der Waals surface area contributed by atoms with Crippen molar-refractivity contribution in [3.63, 3.8) is 0 Å². The van der Waals surface area contributed by atoms with Gasteiger partial charge in [0.1, 0.15) is 6.04 Å². The monoisotopic (exact) mass is 881 g/mol. The van der Waals surface area contributed by atoms with Gasteiger partial charge in [-0.15, -0.1) is 0 Å². The van der Waals surface area contributed by atoms with E-state index in [1.165, 1.54) is 31.2 Å². The van der Waals surface area contributed by atoms with Gasteiger partial charge in [-0.1, -0.05) is 25.1 Å². The molecule has 4 aliphatic rings. The SMILES string of the molecule is Cc1cc2cc(n1)-c1cnn(C)c1OCCC[C@@H](C)Cn1c(nc3ccc(CN4CCC5(CCN(CCc6cccc7c6n(C)c(=O)n7C6CCC(=O)NC6=O)CC5)CC4)cc31)NC2=O. The number of nitrogens with zero attached hydrogens (tertiary/aromatic N) is 9. The summed E-state index contributed by atoms with van der Waals surface area (Å²) in [6.45, 7) is 11.4. The first-order chi connectivity index (χ1) is 31.4. The van der Waals surface area contributed by atoms with Crippen molar-refractivity contribution in [3.05, 3.63) is 87.6 Å². The van der Waals surface area contributed by atoms with Gasteiger partial charge in [-0.3, -0.25) is 44.0 Å². The fourth-order valence-electron chi connectivity index (χ4n) is 10.9. The minimum absolute atomic E-state index is 0.225. The van der Waals surface area contributed by atoms with Crippen molar-refractivity contribution in [2.24, 2.45) is 25.4 Å². The van der Waals surface area contributed by atoms with Crippen LogP contribution in [0.5, 0.6) is 5.88 Å². The number of carbonyl (C=O) groups is 3. The number of para-hydroxylation sites is 1. The van der Waals surface area contributed by atoms with Gasteiger partial charge in [0.15, 0.2) is 0 Å². The Morgan fingerprint density at radius 1 is 0.877 bits per heavy atom. The van der Waals surface area contributed by atoms with E-state index >= 15 is 0 Å². The molecule has 2 N–H and O–H groups in total. The predicted molar refractivity (Wildman–Crippen MR) is 248 cm³/mol. The van der Waals surface area contributed by atoms with Crippen LogP contribution in [0.1, 0.15) is 91.5 Å². The number of fused-ring (bicyclic) bond motifs is 8. The van der Waals surface area contributed by atoms with Gasteiger partial charge in [-0.25, -0.2) is 14.5 Å². The molecule has 16 nitrogen and oxygen atoms in total. The molecule has 1 spiro atoms. The normalized spacial score (nSPS) is 21.1. The largest absolute Gasteiger partial charge is 0.477 e. The third-order valence-corrected chi connectivity index (χ3v) is 14.6. The molecule has 0 saturated carbocycles. The van der Waals surface area contributed by atoms with Crippen LogP contribution >= 0.6 is 0 Å². The molecule has 10 rings (SSSR count). The molecule has 3 amide bonds. The van der Waals surface area contributed by atoms with Gasteiger partial charge < -0.3 is 14.2 Å². The van der Waals surface area contributed by atoms with Crippen molar-refractivity contribution >= 4 is 45.7 Å². The van der Waals surface area contributed by atoms with Gasteiger partial charge in [-0.2, -0.15) is 5.10 Å². The summed E-state index contributed by atoms with van der Waals surface area (Å²) in [6, 6.07) is 15.4. The molecule has 340 valence electrons. The molecule has 2 bridgehead atoms. The average Bonchev–Trinajstić information content (AvgIpc) is 3.91. The fourth-order valence-corrected chi connectivity index (χ4v) is 10.9. The Hall–Kier alpha value is -6.13. The molecule has 0 aliphatic carbocycles. The minimum Gasteiger partial charge on any atom is -0.477 e. The summed E-state index contributed by atoms with van der Waals surface area (Å²) >= 11 is 0. The van der Waals surface area contributed by atoms with Crippen LogP contribution < -0.4 is 21.1 Å². The molecule has 6 aromatic rings. The van der Waals surface area contributed by atoms with Crippen molar-refractivity contribution < 1.29 is 19.1 Å². The van der Waals surface area contributed by atoms with E-state index in [0.717, 1.165) is 97.4 Å². The van der Waals surface area contributed by atoms with E-state index in [9.17, 15) is 19.2 Å². The first kappa shape index (κ1) is 42.8. The summed E-state index contributed by atoms with van der Waals surface area (Å²) in [5.41, 5.74) is 8.62. The molecule has 4 aromatic heterocycles. The van der Waals surface area contributed by atoms with Crippen LogP contribution in [-0.4, -0.2) is 100 Å². The number of amides is 3. The molecular weight excluding hydrogens is 823 g/mol. The van der Waals surface area contributed by atoms with Crippen molar-refractivity contribution in [2.45, 2.75) is 90.8 Å². The Morgan fingerprint density at radius 2 is 1.66 bits per heavy atom. The van der Waals surface area contributed by atoms with Crippen molar-refractivity contribution in [1.29, 1.82) is 0 Å². The molecule has 3 fully saturated rings. The second-order valence-corrected chi connectivity index (χ2v) is 19.1. The Labute approximate surface area is 377 Å². The Balaban J connectivity index is 0.781. The number of rotatable bonds is 6. The molecule has 0 radical (unpaired) electrons. The Bertz CT molecular complexity index is 2870. The summed E-state index contributed by atoms with van der Waals surface area (Å²) in [7, 11) is 3.64. The van der Waals surface area contributed by atoms with Crippen LogP contribution in [0.15, 0.2) is 59.5 Å². The highest BCUT2D eigenvalue weighted by Crippen LogP contribution is 2.42. The van der Waals surface area contributed by atoms with Crippen molar-refractivity contribution in [2.75, 3.05) is 44.6 Å². The van der Waals surface area contributed by atoms with Crippen LogP contribution in [0.25, 0.3) is 33.3 Å². The highest BCUT2D eigenvalue weighted by atomic mass is 16.5. The lowest BCUT2D eigenvalue weighted by Crippen LogP contribution is -2.47. The van der Waals surface area contributed by atoms with Gasteiger partial charge in [0.05, 0.1) is 46.1 Å². The van der Waals surface area contributed by atoms with Crippen LogP contribution in [0.4, 0.5) is 5.95 Å². The second kappa shape index (κ2) is 17.3. The first-order valence-corrected chi connectivity index (χ1v) is 23.3. The van der Waals surface area contributed by atoms with Crippen LogP contribution in [-0.2, 0) is 43.2 Å². The van der Waals surface area contributed by atoms with Crippen LogP contribution in [0.2, 0.25) is 0 Å². The van der Waals surface area contributed by atoms with E-state index in [1.807, 2.05) is 26.1 Å². The molecule has 4 aliphatic heterocycles. The molecular formula is C49H59N11O5. The number of likely N-dealkylation sites (tertiary alicyclic amines) is 2. The summed E-state index contributed by atoms with van der Waals surface area (Å²) < 4.78 is 13.4. The maximum Gasteiger partial charge on any atom is 0.329 e. The van der Waals surface area contributed by atoms with Crippen molar-refractivity contribution in [1.82, 2.24) is 48.6 Å². The summed E-state index contributed by atoms with van der Waals surface area (Å²) in [6.07, 6.45) is 9.67. The quantitative estimate of drug-likeness (QED) is 0.197. The number of benzene rings is 2. The lowest BCUT2D eigenvalue weighted by Gasteiger charge is -2.47. The third kappa shape index (κ3) is 8.37. The molecule has 2 aromatic carbocycles. The Morgan fingerprint density at radius 3 is 2.45 bits per heavy atom. The van der Waals surface area contributed by atoms with Gasteiger partial charge in [0, 0.05) is 51.4 Å². The van der Waals surface area contributed by atoms with Gasteiger partial charge in [-0.05, 0) is 137 Å². The molecule has 16 heteroatoms. The van der Waals surface area contributed by atoms with E-state index in [4.69, 9.17) is 14.7 Å².